The van der Waals surface area contributed by atoms with Gasteiger partial charge in [0.15, 0.2) is 0 Å². The third kappa shape index (κ3) is 4.80. The Balaban J connectivity index is 1.96. The predicted molar refractivity (Wildman–Crippen MR) is 83.5 cm³/mol. The van der Waals surface area contributed by atoms with E-state index in [0.717, 1.165) is 5.56 Å². The molecule has 6 heteroatoms. The van der Waals surface area contributed by atoms with Crippen molar-refractivity contribution in [3.63, 3.8) is 0 Å². The van der Waals surface area contributed by atoms with Crippen LogP contribution in [0.5, 0.6) is 0 Å². The van der Waals surface area contributed by atoms with E-state index in [0.29, 0.717) is 19.6 Å². The van der Waals surface area contributed by atoms with Gasteiger partial charge in [-0.3, -0.25) is 4.79 Å². The van der Waals surface area contributed by atoms with Crippen molar-refractivity contribution in [1.29, 1.82) is 5.26 Å². The Bertz CT molecular complexity index is 612. The fraction of sp³-hybridized carbons (Fsp3) is 0.412. The fourth-order valence-electron chi connectivity index (χ4n) is 2.53. The van der Waals surface area contributed by atoms with Gasteiger partial charge in [0.25, 0.3) is 5.91 Å². The fourth-order valence-corrected chi connectivity index (χ4v) is 2.53. The van der Waals surface area contributed by atoms with Gasteiger partial charge in [0.2, 0.25) is 0 Å². The molecule has 0 aromatic heterocycles. The lowest BCUT2D eigenvalue weighted by Crippen LogP contribution is -2.48. The molecule has 0 bridgehead atoms. The molecule has 1 saturated heterocycles. The number of carbonyl (C=O) groups excluding carboxylic acids is 1. The molecular formula is C17H20FN3O2. The summed E-state index contributed by atoms with van der Waals surface area (Å²) in [5, 5.41) is 12.1. The van der Waals surface area contributed by atoms with Crippen molar-refractivity contribution in [2.24, 2.45) is 0 Å². The van der Waals surface area contributed by atoms with Crippen LogP contribution in [0.25, 0.3) is 0 Å². The summed E-state index contributed by atoms with van der Waals surface area (Å²) >= 11 is 0. The lowest BCUT2D eigenvalue weighted by molar-refractivity contribution is -0.138. The number of rotatable bonds is 4. The van der Waals surface area contributed by atoms with Crippen molar-refractivity contribution in [1.82, 2.24) is 10.2 Å². The lowest BCUT2D eigenvalue weighted by atomic mass is 10.2. The molecule has 0 aliphatic carbocycles. The molecule has 1 aliphatic rings. The van der Waals surface area contributed by atoms with Gasteiger partial charge < -0.3 is 15.0 Å². The van der Waals surface area contributed by atoms with Crippen LogP contribution in [0.3, 0.4) is 0 Å². The maximum atomic E-state index is 12.8. The third-order valence-electron chi connectivity index (χ3n) is 3.52. The number of halogens is 1. The van der Waals surface area contributed by atoms with Crippen LogP contribution in [-0.4, -0.2) is 36.1 Å². The molecule has 2 rings (SSSR count). The van der Waals surface area contributed by atoms with Crippen molar-refractivity contribution in [2.45, 2.75) is 32.6 Å². The quantitative estimate of drug-likeness (QED) is 0.681. The van der Waals surface area contributed by atoms with Gasteiger partial charge >= 0.3 is 0 Å². The van der Waals surface area contributed by atoms with E-state index < -0.39 is 0 Å². The summed E-state index contributed by atoms with van der Waals surface area (Å²) < 4.78 is 18.4. The highest BCUT2D eigenvalue weighted by Gasteiger charge is 2.27. The Kier molecular flexibility index (Phi) is 5.72. The van der Waals surface area contributed by atoms with Crippen LogP contribution in [0, 0.1) is 17.1 Å². The first-order valence-electron chi connectivity index (χ1n) is 7.52. The molecule has 5 nitrogen and oxygen atoms in total. The van der Waals surface area contributed by atoms with E-state index in [1.54, 1.807) is 17.0 Å². The first-order valence-corrected chi connectivity index (χ1v) is 7.52. The van der Waals surface area contributed by atoms with Crippen LogP contribution >= 0.6 is 0 Å². The Labute approximate surface area is 135 Å². The van der Waals surface area contributed by atoms with E-state index in [2.05, 4.69) is 5.32 Å². The van der Waals surface area contributed by atoms with Gasteiger partial charge in [0.05, 0.1) is 12.2 Å². The smallest absolute Gasteiger partial charge is 0.266 e. The van der Waals surface area contributed by atoms with Crippen LogP contribution in [0.2, 0.25) is 0 Å². The topological polar surface area (TPSA) is 65.4 Å². The number of morpholine rings is 1. The number of nitrogens with one attached hydrogen (secondary N) is 1. The van der Waals surface area contributed by atoms with Crippen LogP contribution in [0.15, 0.2) is 36.0 Å². The molecule has 23 heavy (non-hydrogen) atoms. The summed E-state index contributed by atoms with van der Waals surface area (Å²) in [6.07, 6.45) is 1.32. The van der Waals surface area contributed by atoms with Gasteiger partial charge in [-0.05, 0) is 31.5 Å². The lowest BCUT2D eigenvalue weighted by Gasteiger charge is -2.35. The summed E-state index contributed by atoms with van der Waals surface area (Å²) in [6, 6.07) is 7.96. The highest BCUT2D eigenvalue weighted by Crippen LogP contribution is 2.13. The van der Waals surface area contributed by atoms with Crippen LogP contribution in [-0.2, 0) is 16.1 Å². The van der Waals surface area contributed by atoms with E-state index in [1.165, 1.54) is 18.3 Å². The van der Waals surface area contributed by atoms with Crippen LogP contribution < -0.4 is 5.32 Å². The number of carbonyl (C=O) groups is 1. The molecule has 2 atom stereocenters. The summed E-state index contributed by atoms with van der Waals surface area (Å²) in [5.74, 6) is -0.603. The van der Waals surface area contributed by atoms with Crippen LogP contribution in [0.4, 0.5) is 4.39 Å². The first-order chi connectivity index (χ1) is 11.0. The van der Waals surface area contributed by atoms with Crippen molar-refractivity contribution in [3.05, 3.63) is 47.4 Å². The monoisotopic (exact) mass is 317 g/mol. The highest BCUT2D eigenvalue weighted by molar-refractivity contribution is 5.97. The summed E-state index contributed by atoms with van der Waals surface area (Å²) in [4.78, 5) is 14.0. The zero-order valence-corrected chi connectivity index (χ0v) is 13.3. The molecular weight excluding hydrogens is 297 g/mol. The molecule has 1 aliphatic heterocycles. The largest absolute Gasteiger partial charge is 0.386 e. The zero-order valence-electron chi connectivity index (χ0n) is 13.3. The minimum atomic E-state index is -0.305. The molecule has 0 radical (unpaired) electrons. The molecule has 1 amide bonds. The van der Waals surface area contributed by atoms with E-state index in [1.807, 2.05) is 19.9 Å². The van der Waals surface area contributed by atoms with Crippen molar-refractivity contribution in [3.8, 4) is 6.07 Å². The van der Waals surface area contributed by atoms with E-state index in [-0.39, 0.29) is 29.5 Å². The average Bonchev–Trinajstić information content (AvgIpc) is 2.52. The summed E-state index contributed by atoms with van der Waals surface area (Å²) in [5.41, 5.74) is 0.911. The Morgan fingerprint density at radius 3 is 2.57 bits per heavy atom. The zero-order chi connectivity index (χ0) is 16.8. The molecule has 1 N–H and O–H groups in total. The van der Waals surface area contributed by atoms with Gasteiger partial charge in [-0.25, -0.2) is 4.39 Å². The van der Waals surface area contributed by atoms with Crippen molar-refractivity contribution < 1.29 is 13.9 Å². The number of ether oxygens (including phenoxy) is 1. The van der Waals surface area contributed by atoms with Crippen molar-refractivity contribution in [2.75, 3.05) is 13.1 Å². The molecule has 1 heterocycles. The van der Waals surface area contributed by atoms with Gasteiger partial charge in [0, 0.05) is 25.8 Å². The standard InChI is InChI=1S/C17H20FN3O2/c1-12-10-21(11-13(2)23-12)17(22)15(7-19)9-20-8-14-3-5-16(18)6-4-14/h3-6,9,12-13,20H,8,10-11H2,1-2H3/b15-9-. The minimum absolute atomic E-state index is 0.0465. The minimum Gasteiger partial charge on any atom is -0.386 e. The second kappa shape index (κ2) is 7.75. The molecule has 1 aromatic carbocycles. The normalized spacial score (nSPS) is 21.7. The second-order valence-corrected chi connectivity index (χ2v) is 5.64. The summed E-state index contributed by atoms with van der Waals surface area (Å²) in [6.45, 7) is 5.16. The Morgan fingerprint density at radius 2 is 2.00 bits per heavy atom. The Morgan fingerprint density at radius 1 is 1.39 bits per heavy atom. The number of nitrogens with zero attached hydrogens (tertiary/aromatic N) is 2. The average molecular weight is 317 g/mol. The van der Waals surface area contributed by atoms with E-state index in [9.17, 15) is 14.4 Å². The van der Waals surface area contributed by atoms with Gasteiger partial charge in [-0.2, -0.15) is 5.26 Å². The number of hydrogen-bond acceptors (Lipinski definition) is 4. The molecule has 1 fully saturated rings. The molecule has 0 saturated carbocycles. The molecule has 122 valence electrons. The van der Waals surface area contributed by atoms with E-state index >= 15 is 0 Å². The molecule has 1 aromatic rings. The van der Waals surface area contributed by atoms with Crippen molar-refractivity contribution >= 4 is 5.91 Å². The third-order valence-corrected chi connectivity index (χ3v) is 3.52. The van der Waals surface area contributed by atoms with Gasteiger partial charge in [-0.1, -0.05) is 12.1 Å². The number of hydrogen-bond donors (Lipinski definition) is 1. The highest BCUT2D eigenvalue weighted by atomic mass is 19.1. The van der Waals surface area contributed by atoms with E-state index in [4.69, 9.17) is 4.74 Å². The number of amides is 1. The predicted octanol–water partition coefficient (Wildman–Crippen LogP) is 1.96. The maximum Gasteiger partial charge on any atom is 0.266 e. The molecule has 0 spiro atoms. The summed E-state index contributed by atoms with van der Waals surface area (Å²) in [7, 11) is 0. The van der Waals surface area contributed by atoms with Crippen LogP contribution in [0.1, 0.15) is 19.4 Å². The molecule has 2 unspecified atom stereocenters. The first kappa shape index (κ1) is 17.0. The SMILES string of the molecule is CC1CN(C(=O)/C(C#N)=C\NCc2ccc(F)cc2)CC(C)O1. The maximum absolute atomic E-state index is 12.8. The number of nitriles is 1. The number of benzene rings is 1. The second-order valence-electron chi connectivity index (χ2n) is 5.64. The van der Waals surface area contributed by atoms with Gasteiger partial charge in [-0.15, -0.1) is 0 Å². The van der Waals surface area contributed by atoms with Gasteiger partial charge in [0.1, 0.15) is 17.5 Å². The Hall–Kier alpha value is -2.39.